The molecule has 4 heteroatoms. The van der Waals surface area contributed by atoms with Crippen molar-refractivity contribution < 1.29 is 14.3 Å². The van der Waals surface area contributed by atoms with Gasteiger partial charge in [-0.05, 0) is 6.92 Å². The Morgan fingerprint density at radius 2 is 2.45 bits per heavy atom. The molecule has 0 aromatic rings. The van der Waals surface area contributed by atoms with Gasteiger partial charge in [-0.25, -0.2) is 9.69 Å². The van der Waals surface area contributed by atoms with Gasteiger partial charge in [0.15, 0.2) is 0 Å². The molecule has 11 heavy (non-hydrogen) atoms. The quantitative estimate of drug-likeness (QED) is 0.433. The Hall–Kier alpha value is -1.50. The third-order valence-corrected chi connectivity index (χ3v) is 0.891. The fraction of sp³-hybridized carbons (Fsp3) is 0.429. The highest BCUT2D eigenvalue weighted by Crippen LogP contribution is 1.88. The molecular formula is C7H9NO3. The van der Waals surface area contributed by atoms with Crippen LogP contribution in [0.1, 0.15) is 6.92 Å². The van der Waals surface area contributed by atoms with Gasteiger partial charge in [-0.15, -0.1) is 6.42 Å². The second-order valence-corrected chi connectivity index (χ2v) is 1.64. The molecule has 4 nitrogen and oxygen atoms in total. The van der Waals surface area contributed by atoms with Crippen LogP contribution in [0.25, 0.3) is 0 Å². The smallest absolute Gasteiger partial charge is 0.417 e. The summed E-state index contributed by atoms with van der Waals surface area (Å²) in [6.45, 7) is 1.83. The molecule has 0 radical (unpaired) electrons. The summed E-state index contributed by atoms with van der Waals surface area (Å²) >= 11 is 0. The maximum Gasteiger partial charge on any atom is 0.417 e. The van der Waals surface area contributed by atoms with Crippen LogP contribution in [0.2, 0.25) is 0 Å². The van der Waals surface area contributed by atoms with E-state index in [1.54, 1.807) is 6.92 Å². The Kier molecular flexibility index (Phi) is 4.58. The van der Waals surface area contributed by atoms with Crippen molar-refractivity contribution in [3.05, 3.63) is 0 Å². The van der Waals surface area contributed by atoms with E-state index in [1.165, 1.54) is 0 Å². The van der Waals surface area contributed by atoms with Crippen molar-refractivity contribution in [2.45, 2.75) is 6.92 Å². The molecule has 0 unspecified atom stereocenters. The summed E-state index contributed by atoms with van der Waals surface area (Å²) in [6, 6.07) is 0. The van der Waals surface area contributed by atoms with E-state index in [9.17, 15) is 9.59 Å². The SMILES string of the molecule is C#CCN(C=O)C(=O)OCC. The first-order valence-electron chi connectivity index (χ1n) is 3.08. The van der Waals surface area contributed by atoms with Gasteiger partial charge in [0.05, 0.1) is 13.2 Å². The number of ether oxygens (including phenoxy) is 1. The Balaban J connectivity index is 3.94. The number of amides is 2. The molecule has 60 valence electrons. The highest BCUT2D eigenvalue weighted by molar-refractivity contribution is 5.80. The number of imide groups is 1. The second-order valence-electron chi connectivity index (χ2n) is 1.64. The van der Waals surface area contributed by atoms with Crippen LogP contribution in [0.4, 0.5) is 4.79 Å². The van der Waals surface area contributed by atoms with Crippen molar-refractivity contribution >= 4 is 12.5 Å². The Morgan fingerprint density at radius 1 is 1.82 bits per heavy atom. The van der Waals surface area contributed by atoms with Crippen molar-refractivity contribution in [1.29, 1.82) is 0 Å². The van der Waals surface area contributed by atoms with Gasteiger partial charge in [0, 0.05) is 0 Å². The number of terminal acetylenes is 1. The zero-order chi connectivity index (χ0) is 8.69. The molecule has 0 spiro atoms. The highest BCUT2D eigenvalue weighted by Gasteiger charge is 2.10. The lowest BCUT2D eigenvalue weighted by atomic mass is 10.6. The topological polar surface area (TPSA) is 46.6 Å². The van der Waals surface area contributed by atoms with Gasteiger partial charge in [0.25, 0.3) is 0 Å². The number of carbonyl (C=O) groups excluding carboxylic acids is 2. The number of hydrogen-bond acceptors (Lipinski definition) is 3. The van der Waals surface area contributed by atoms with Crippen molar-refractivity contribution in [3.63, 3.8) is 0 Å². The first-order chi connectivity index (χ1) is 5.26. The number of carbonyl (C=O) groups is 2. The predicted molar refractivity (Wildman–Crippen MR) is 38.6 cm³/mol. The van der Waals surface area contributed by atoms with E-state index in [2.05, 4.69) is 10.7 Å². The van der Waals surface area contributed by atoms with Crippen molar-refractivity contribution in [1.82, 2.24) is 4.90 Å². The van der Waals surface area contributed by atoms with E-state index in [0.717, 1.165) is 4.90 Å². The zero-order valence-corrected chi connectivity index (χ0v) is 6.24. The van der Waals surface area contributed by atoms with Gasteiger partial charge in [-0.3, -0.25) is 4.79 Å². The summed E-state index contributed by atoms with van der Waals surface area (Å²) in [5, 5.41) is 0. The summed E-state index contributed by atoms with van der Waals surface area (Å²) in [4.78, 5) is 21.7. The van der Waals surface area contributed by atoms with Crippen LogP contribution in [0, 0.1) is 12.3 Å². The van der Waals surface area contributed by atoms with Gasteiger partial charge >= 0.3 is 6.09 Å². The number of hydrogen-bond donors (Lipinski definition) is 0. The molecular weight excluding hydrogens is 146 g/mol. The normalized spacial score (nSPS) is 8.00. The Bertz CT molecular complexity index is 183. The molecule has 0 N–H and O–H groups in total. The van der Waals surface area contributed by atoms with E-state index in [-0.39, 0.29) is 13.2 Å². The molecule has 0 aliphatic heterocycles. The van der Waals surface area contributed by atoms with Crippen LogP contribution in [-0.4, -0.2) is 30.6 Å². The molecule has 0 bridgehead atoms. The third-order valence-electron chi connectivity index (χ3n) is 0.891. The average molecular weight is 155 g/mol. The van der Waals surface area contributed by atoms with E-state index >= 15 is 0 Å². The molecule has 0 aromatic heterocycles. The van der Waals surface area contributed by atoms with Crippen LogP contribution in [0.5, 0.6) is 0 Å². The maximum absolute atomic E-state index is 10.7. The molecule has 0 aromatic carbocycles. The fourth-order valence-electron chi connectivity index (χ4n) is 0.450. The van der Waals surface area contributed by atoms with Gasteiger partial charge in [-0.2, -0.15) is 0 Å². The van der Waals surface area contributed by atoms with Gasteiger partial charge < -0.3 is 4.74 Å². The van der Waals surface area contributed by atoms with Crippen molar-refractivity contribution in [3.8, 4) is 12.3 Å². The van der Waals surface area contributed by atoms with Gasteiger partial charge in [-0.1, -0.05) is 5.92 Å². The summed E-state index contributed by atoms with van der Waals surface area (Å²) in [5.41, 5.74) is 0. The van der Waals surface area contributed by atoms with E-state index in [0.29, 0.717) is 6.41 Å². The zero-order valence-electron chi connectivity index (χ0n) is 6.24. The summed E-state index contributed by atoms with van der Waals surface area (Å²) in [7, 11) is 0. The second kappa shape index (κ2) is 5.30. The third kappa shape index (κ3) is 3.26. The number of nitrogens with zero attached hydrogens (tertiary/aromatic N) is 1. The first kappa shape index (κ1) is 9.50. The van der Waals surface area contributed by atoms with Crippen LogP contribution < -0.4 is 0 Å². The molecule has 0 atom stereocenters. The maximum atomic E-state index is 10.7. The summed E-state index contributed by atoms with van der Waals surface area (Å²) in [5.74, 6) is 2.15. The summed E-state index contributed by atoms with van der Waals surface area (Å²) in [6.07, 6.45) is 4.52. The lowest BCUT2D eigenvalue weighted by Crippen LogP contribution is -2.30. The highest BCUT2D eigenvalue weighted by atomic mass is 16.6. The molecule has 0 aliphatic carbocycles. The van der Waals surface area contributed by atoms with E-state index in [4.69, 9.17) is 6.42 Å². The minimum atomic E-state index is -0.708. The monoisotopic (exact) mass is 155 g/mol. The van der Waals surface area contributed by atoms with E-state index in [1.807, 2.05) is 0 Å². The fourth-order valence-corrected chi connectivity index (χ4v) is 0.450. The summed E-state index contributed by atoms with van der Waals surface area (Å²) < 4.78 is 4.51. The molecule has 0 fully saturated rings. The minimum absolute atomic E-state index is 0.0532. The standard InChI is InChI=1S/C7H9NO3/c1-3-5-8(6-9)7(10)11-4-2/h1,6H,4-5H2,2H3. The van der Waals surface area contributed by atoms with Crippen LogP contribution in [-0.2, 0) is 9.53 Å². The van der Waals surface area contributed by atoms with Gasteiger partial charge in [0.1, 0.15) is 0 Å². The van der Waals surface area contributed by atoms with Crippen molar-refractivity contribution in [2.24, 2.45) is 0 Å². The Morgan fingerprint density at radius 3 is 2.82 bits per heavy atom. The molecule has 0 saturated carbocycles. The first-order valence-corrected chi connectivity index (χ1v) is 3.08. The average Bonchev–Trinajstić information content (AvgIpc) is 2.00. The molecule has 0 rings (SSSR count). The largest absolute Gasteiger partial charge is 0.449 e. The Labute approximate surface area is 65.1 Å². The molecule has 0 saturated heterocycles. The molecule has 0 heterocycles. The van der Waals surface area contributed by atoms with Crippen LogP contribution in [0.3, 0.4) is 0 Å². The predicted octanol–water partition coefficient (Wildman–Crippen LogP) is 0.235. The lowest BCUT2D eigenvalue weighted by molar-refractivity contribution is -0.116. The lowest BCUT2D eigenvalue weighted by Gasteiger charge is -2.10. The van der Waals surface area contributed by atoms with Crippen LogP contribution >= 0.6 is 0 Å². The van der Waals surface area contributed by atoms with Crippen molar-refractivity contribution in [2.75, 3.05) is 13.2 Å². The number of rotatable bonds is 3. The van der Waals surface area contributed by atoms with E-state index < -0.39 is 6.09 Å². The molecule has 0 aliphatic rings. The van der Waals surface area contributed by atoms with Gasteiger partial charge in [0.2, 0.25) is 6.41 Å². The van der Waals surface area contributed by atoms with Crippen LogP contribution in [0.15, 0.2) is 0 Å². The molecule has 2 amide bonds. The minimum Gasteiger partial charge on any atom is -0.449 e.